The first-order chi connectivity index (χ1) is 17.9. The summed E-state index contributed by atoms with van der Waals surface area (Å²) >= 11 is 0. The quantitative estimate of drug-likeness (QED) is 0.393. The molecule has 1 aliphatic rings. The number of nitrogens with one attached hydrogen (secondary N) is 1. The van der Waals surface area contributed by atoms with Crippen molar-refractivity contribution in [3.63, 3.8) is 0 Å². The number of rotatable bonds is 7. The summed E-state index contributed by atoms with van der Waals surface area (Å²) in [4.78, 5) is 27.6. The van der Waals surface area contributed by atoms with Crippen LogP contribution in [-0.2, 0) is 27.3 Å². The maximum absolute atomic E-state index is 13.9. The van der Waals surface area contributed by atoms with Crippen molar-refractivity contribution in [3.8, 4) is 0 Å². The van der Waals surface area contributed by atoms with Gasteiger partial charge in [-0.05, 0) is 37.1 Å². The van der Waals surface area contributed by atoms with E-state index in [1.54, 1.807) is 4.90 Å². The van der Waals surface area contributed by atoms with Gasteiger partial charge in [0, 0.05) is 19.5 Å². The van der Waals surface area contributed by atoms with E-state index in [2.05, 4.69) is 31.2 Å². The van der Waals surface area contributed by atoms with E-state index < -0.39 is 6.04 Å². The van der Waals surface area contributed by atoms with Crippen molar-refractivity contribution in [2.45, 2.75) is 32.9 Å². The van der Waals surface area contributed by atoms with Crippen molar-refractivity contribution < 1.29 is 14.3 Å². The maximum Gasteiger partial charge on any atom is 0.312 e. The molecule has 1 saturated heterocycles. The molecule has 7 heteroatoms. The number of methoxy groups -OCH3 is 1. The Morgan fingerprint density at radius 1 is 0.892 bits per heavy atom. The van der Waals surface area contributed by atoms with E-state index in [-0.39, 0.29) is 23.4 Å². The number of aryl methyl sites for hydroxylation is 2. The second-order valence-corrected chi connectivity index (χ2v) is 9.92. The van der Waals surface area contributed by atoms with E-state index in [4.69, 9.17) is 4.74 Å². The fourth-order valence-corrected chi connectivity index (χ4v) is 5.03. The predicted octanol–water partition coefficient (Wildman–Crippen LogP) is 4.00. The number of aromatic nitrogens is 2. The van der Waals surface area contributed by atoms with Crippen LogP contribution in [0.5, 0.6) is 0 Å². The number of fused-ring (bicyclic) bond motifs is 1. The predicted molar refractivity (Wildman–Crippen MR) is 142 cm³/mol. The highest BCUT2D eigenvalue weighted by Gasteiger charge is 2.40. The van der Waals surface area contributed by atoms with Crippen molar-refractivity contribution in [1.82, 2.24) is 14.0 Å². The third-order valence-electron chi connectivity index (χ3n) is 7.25. The van der Waals surface area contributed by atoms with Crippen molar-refractivity contribution in [2.24, 2.45) is 5.92 Å². The third-order valence-corrected chi connectivity index (χ3v) is 7.25. The molecular formula is C30H32N4O3. The van der Waals surface area contributed by atoms with Crippen molar-refractivity contribution in [2.75, 3.05) is 20.2 Å². The number of nitrogens with zero attached hydrogens (tertiary/aromatic N) is 3. The molecule has 190 valence electrons. The molecule has 37 heavy (non-hydrogen) atoms. The van der Waals surface area contributed by atoms with Crippen molar-refractivity contribution in [3.05, 3.63) is 101 Å². The zero-order valence-electron chi connectivity index (χ0n) is 21.5. The zero-order valence-corrected chi connectivity index (χ0v) is 21.5. The molecule has 1 atom stereocenters. The van der Waals surface area contributed by atoms with Gasteiger partial charge in [0.1, 0.15) is 6.04 Å². The van der Waals surface area contributed by atoms with Crippen LogP contribution in [-0.4, -0.2) is 46.1 Å². The molecule has 0 unspecified atom stereocenters. The minimum atomic E-state index is -0.613. The fourth-order valence-electron chi connectivity index (χ4n) is 5.03. The van der Waals surface area contributed by atoms with Crippen LogP contribution in [0.2, 0.25) is 0 Å². The number of amides is 1. The maximum atomic E-state index is 13.9. The van der Waals surface area contributed by atoms with Gasteiger partial charge < -0.3 is 14.2 Å². The highest BCUT2D eigenvalue weighted by Crippen LogP contribution is 2.27. The first-order valence-corrected chi connectivity index (χ1v) is 12.6. The van der Waals surface area contributed by atoms with Gasteiger partial charge in [-0.3, -0.25) is 19.6 Å². The van der Waals surface area contributed by atoms with Crippen LogP contribution < -0.4 is 5.62 Å². The standard InChI is InChI=1S/C30H32N4O3/c1-20-8-12-22(13-9-20)16-27(28(35)32-18-24(19-32)29(36)37-3)34-26-7-5-4-6-25(26)33(30(34)31)17-23-14-10-21(2)11-15-23/h4-15,24,27,31H,16-19H2,1-3H3/t27-/m0/s1. The zero-order chi connectivity index (χ0) is 26.1. The number of ether oxygens (including phenoxy) is 1. The number of para-hydroxylation sites is 2. The van der Waals surface area contributed by atoms with Crippen LogP contribution in [0.3, 0.4) is 0 Å². The summed E-state index contributed by atoms with van der Waals surface area (Å²) in [7, 11) is 1.37. The van der Waals surface area contributed by atoms with Gasteiger partial charge in [0.2, 0.25) is 11.5 Å². The molecule has 1 fully saturated rings. The van der Waals surface area contributed by atoms with E-state index in [0.29, 0.717) is 26.1 Å². The summed E-state index contributed by atoms with van der Waals surface area (Å²) in [5.74, 6) is -0.669. The van der Waals surface area contributed by atoms with Gasteiger partial charge in [-0.1, -0.05) is 71.8 Å². The molecule has 1 aromatic heterocycles. The Morgan fingerprint density at radius 3 is 2.05 bits per heavy atom. The largest absolute Gasteiger partial charge is 0.469 e. The minimum Gasteiger partial charge on any atom is -0.469 e. The first-order valence-electron chi connectivity index (χ1n) is 12.6. The highest BCUT2D eigenvalue weighted by molar-refractivity contribution is 5.87. The highest BCUT2D eigenvalue weighted by atomic mass is 16.5. The van der Waals surface area contributed by atoms with E-state index in [1.165, 1.54) is 12.7 Å². The summed E-state index contributed by atoms with van der Waals surface area (Å²) in [6.45, 7) is 5.30. The Kier molecular flexibility index (Phi) is 6.70. The SMILES string of the molecule is COC(=O)C1CN(C(=O)[C@H](Cc2ccc(C)cc2)n2c(=N)n(Cc3ccc(C)cc3)c3ccccc32)C1. The normalized spacial score (nSPS) is 14.4. The summed E-state index contributed by atoms with van der Waals surface area (Å²) in [6, 6.07) is 23.7. The lowest BCUT2D eigenvalue weighted by Crippen LogP contribution is -2.56. The number of imidazole rings is 1. The molecular weight excluding hydrogens is 464 g/mol. The van der Waals surface area contributed by atoms with Crippen molar-refractivity contribution in [1.29, 1.82) is 5.41 Å². The lowest BCUT2D eigenvalue weighted by atomic mass is 9.96. The average molecular weight is 497 g/mol. The number of hydrogen-bond acceptors (Lipinski definition) is 4. The van der Waals surface area contributed by atoms with Crippen LogP contribution in [0, 0.1) is 25.2 Å². The van der Waals surface area contributed by atoms with Crippen LogP contribution in [0.1, 0.15) is 28.3 Å². The van der Waals surface area contributed by atoms with Gasteiger partial charge in [-0.15, -0.1) is 0 Å². The molecule has 2 heterocycles. The van der Waals surface area contributed by atoms with E-state index in [0.717, 1.165) is 27.7 Å². The summed E-state index contributed by atoms with van der Waals surface area (Å²) in [5.41, 5.74) is 6.48. The molecule has 4 aromatic rings. The first kappa shape index (κ1) is 24.6. The average Bonchev–Trinajstić information content (AvgIpc) is 3.15. The van der Waals surface area contributed by atoms with Crippen LogP contribution in [0.15, 0.2) is 72.8 Å². The lowest BCUT2D eigenvalue weighted by Gasteiger charge is -2.39. The van der Waals surface area contributed by atoms with Crippen LogP contribution >= 0.6 is 0 Å². The molecule has 0 spiro atoms. The molecule has 0 aliphatic carbocycles. The van der Waals surface area contributed by atoms with Gasteiger partial charge in [-0.25, -0.2) is 0 Å². The van der Waals surface area contributed by atoms with Gasteiger partial charge in [0.25, 0.3) is 0 Å². The summed E-state index contributed by atoms with van der Waals surface area (Å²) in [5, 5.41) is 9.22. The van der Waals surface area contributed by atoms with Crippen LogP contribution in [0.25, 0.3) is 11.0 Å². The second-order valence-electron chi connectivity index (χ2n) is 9.92. The number of benzene rings is 3. The number of hydrogen-bond donors (Lipinski definition) is 1. The lowest BCUT2D eigenvalue weighted by molar-refractivity contribution is -0.156. The van der Waals surface area contributed by atoms with Crippen LogP contribution in [0.4, 0.5) is 0 Å². The number of likely N-dealkylation sites (tertiary alicyclic amines) is 1. The number of carbonyl (C=O) groups excluding carboxylic acids is 2. The summed E-state index contributed by atoms with van der Waals surface area (Å²) < 4.78 is 8.68. The second kappa shape index (κ2) is 10.1. The molecule has 0 bridgehead atoms. The molecule has 1 amide bonds. The Morgan fingerprint density at radius 2 is 1.46 bits per heavy atom. The number of esters is 1. The van der Waals surface area contributed by atoms with Gasteiger partial charge in [-0.2, -0.15) is 0 Å². The number of carbonyl (C=O) groups is 2. The van der Waals surface area contributed by atoms with Gasteiger partial charge in [0.15, 0.2) is 0 Å². The fraction of sp³-hybridized carbons (Fsp3) is 0.300. The topological polar surface area (TPSA) is 80.3 Å². The van der Waals surface area contributed by atoms with Gasteiger partial charge >= 0.3 is 5.97 Å². The third kappa shape index (κ3) is 4.81. The molecule has 5 rings (SSSR count). The molecule has 3 aromatic carbocycles. The Hall–Kier alpha value is -4.13. The monoisotopic (exact) mass is 496 g/mol. The smallest absolute Gasteiger partial charge is 0.312 e. The molecule has 1 N–H and O–H groups in total. The molecule has 7 nitrogen and oxygen atoms in total. The van der Waals surface area contributed by atoms with Crippen molar-refractivity contribution >= 4 is 22.9 Å². The van der Waals surface area contributed by atoms with Gasteiger partial charge in [0.05, 0.1) is 30.6 Å². The minimum absolute atomic E-state index is 0.0857. The molecule has 0 radical (unpaired) electrons. The Balaban J connectivity index is 1.57. The Bertz CT molecular complexity index is 1490. The summed E-state index contributed by atoms with van der Waals surface area (Å²) in [6.07, 6.45) is 0.452. The molecule has 1 aliphatic heterocycles. The van der Waals surface area contributed by atoms with E-state index in [9.17, 15) is 15.0 Å². The molecule has 0 saturated carbocycles. The Labute approximate surface area is 216 Å². The van der Waals surface area contributed by atoms with E-state index in [1.807, 2.05) is 64.6 Å². The van der Waals surface area contributed by atoms with E-state index >= 15 is 0 Å².